The van der Waals surface area contributed by atoms with Gasteiger partial charge in [0.1, 0.15) is 5.82 Å². The molecule has 1 unspecified atom stereocenters. The van der Waals surface area contributed by atoms with Crippen molar-refractivity contribution >= 4 is 23.2 Å². The normalized spacial score (nSPS) is 15.9. The molecule has 1 aliphatic rings. The van der Waals surface area contributed by atoms with Crippen molar-refractivity contribution in [2.75, 3.05) is 19.7 Å². The van der Waals surface area contributed by atoms with Crippen LogP contribution in [0.5, 0.6) is 0 Å². The van der Waals surface area contributed by atoms with E-state index >= 15 is 0 Å². The number of rotatable bonds is 10. The Morgan fingerprint density at radius 1 is 1.13 bits per heavy atom. The Morgan fingerprint density at radius 3 is 2.52 bits per heavy atom. The van der Waals surface area contributed by atoms with E-state index in [0.29, 0.717) is 32.7 Å². The van der Waals surface area contributed by atoms with Crippen molar-refractivity contribution in [1.29, 1.82) is 0 Å². The van der Waals surface area contributed by atoms with E-state index in [9.17, 15) is 14.0 Å². The van der Waals surface area contributed by atoms with E-state index in [2.05, 4.69) is 0 Å². The zero-order chi connectivity index (χ0) is 22.2. The summed E-state index contributed by atoms with van der Waals surface area (Å²) in [5.41, 5.74) is 0.852. The van der Waals surface area contributed by atoms with Crippen molar-refractivity contribution in [3.63, 3.8) is 0 Å². The SMILES string of the molecule is CC(C)CC(=O)N(CC(=O)N(Cc1ccc(F)cc1)Cc1cccs1)CC1CCCO1. The summed E-state index contributed by atoms with van der Waals surface area (Å²) in [5, 5.41) is 1.98. The molecule has 2 heterocycles. The van der Waals surface area contributed by atoms with Crippen molar-refractivity contribution < 1.29 is 18.7 Å². The highest BCUT2D eigenvalue weighted by Gasteiger charge is 2.27. The lowest BCUT2D eigenvalue weighted by Gasteiger charge is -2.29. The van der Waals surface area contributed by atoms with Gasteiger partial charge in [-0.1, -0.05) is 32.0 Å². The van der Waals surface area contributed by atoms with Gasteiger partial charge in [-0.3, -0.25) is 9.59 Å². The van der Waals surface area contributed by atoms with Gasteiger partial charge in [0, 0.05) is 31.0 Å². The largest absolute Gasteiger partial charge is 0.376 e. The predicted octanol–water partition coefficient (Wildman–Crippen LogP) is 4.47. The fourth-order valence-corrected chi connectivity index (χ4v) is 4.38. The zero-order valence-electron chi connectivity index (χ0n) is 18.3. The summed E-state index contributed by atoms with van der Waals surface area (Å²) in [6, 6.07) is 10.1. The zero-order valence-corrected chi connectivity index (χ0v) is 19.1. The standard InChI is InChI=1S/C24H31FN2O3S/c1-18(2)13-23(28)27(15-21-5-3-11-30-21)17-24(29)26(16-22-6-4-12-31-22)14-19-7-9-20(25)10-8-19/h4,6-10,12,18,21H,3,5,11,13-17H2,1-2H3. The van der Waals surface area contributed by atoms with E-state index in [1.54, 1.807) is 33.3 Å². The average molecular weight is 447 g/mol. The summed E-state index contributed by atoms with van der Waals surface area (Å²) < 4.78 is 19.0. The van der Waals surface area contributed by atoms with E-state index < -0.39 is 0 Å². The summed E-state index contributed by atoms with van der Waals surface area (Å²) in [4.78, 5) is 30.7. The molecule has 0 aliphatic carbocycles. The molecule has 7 heteroatoms. The molecule has 5 nitrogen and oxygen atoms in total. The molecule has 2 amide bonds. The van der Waals surface area contributed by atoms with Crippen LogP contribution in [0.3, 0.4) is 0 Å². The van der Waals surface area contributed by atoms with Crippen molar-refractivity contribution in [1.82, 2.24) is 9.80 Å². The number of thiophene rings is 1. The number of halogens is 1. The Morgan fingerprint density at radius 2 is 1.90 bits per heavy atom. The van der Waals surface area contributed by atoms with E-state index in [-0.39, 0.29) is 36.2 Å². The summed E-state index contributed by atoms with van der Waals surface area (Å²) >= 11 is 1.59. The molecular formula is C24H31FN2O3S. The van der Waals surface area contributed by atoms with Crippen LogP contribution < -0.4 is 0 Å². The molecule has 1 fully saturated rings. The topological polar surface area (TPSA) is 49.9 Å². The molecule has 0 radical (unpaired) electrons. The number of amides is 2. The van der Waals surface area contributed by atoms with Crippen LogP contribution >= 0.6 is 11.3 Å². The van der Waals surface area contributed by atoms with Crippen LogP contribution in [0.25, 0.3) is 0 Å². The maximum atomic E-state index is 13.3. The quantitative estimate of drug-likeness (QED) is 0.541. The highest BCUT2D eigenvalue weighted by atomic mass is 32.1. The fraction of sp³-hybridized carbons (Fsp3) is 0.500. The molecule has 1 aromatic heterocycles. The van der Waals surface area contributed by atoms with Gasteiger partial charge in [-0.2, -0.15) is 0 Å². The second-order valence-corrected chi connectivity index (χ2v) is 9.50. The first-order valence-corrected chi connectivity index (χ1v) is 11.7. The van der Waals surface area contributed by atoms with Gasteiger partial charge >= 0.3 is 0 Å². The molecule has 168 valence electrons. The van der Waals surface area contributed by atoms with E-state index in [4.69, 9.17) is 4.74 Å². The third-order valence-corrected chi connectivity index (χ3v) is 6.14. The van der Waals surface area contributed by atoms with Gasteiger partial charge in [0.15, 0.2) is 0 Å². The Labute approximate surface area is 187 Å². The Balaban J connectivity index is 1.73. The number of carbonyl (C=O) groups is 2. The Kier molecular flexibility index (Phi) is 8.60. The van der Waals surface area contributed by atoms with E-state index in [0.717, 1.165) is 23.3 Å². The number of hydrogen-bond donors (Lipinski definition) is 0. The molecule has 0 bridgehead atoms. The maximum Gasteiger partial charge on any atom is 0.242 e. The first kappa shape index (κ1) is 23.4. The summed E-state index contributed by atoms with van der Waals surface area (Å²) in [7, 11) is 0. The molecule has 0 saturated carbocycles. The molecular weight excluding hydrogens is 415 g/mol. The molecule has 1 aliphatic heterocycles. The van der Waals surface area contributed by atoms with Crippen LogP contribution in [0.4, 0.5) is 4.39 Å². The predicted molar refractivity (Wildman–Crippen MR) is 120 cm³/mol. The lowest BCUT2D eigenvalue weighted by atomic mass is 10.1. The first-order valence-electron chi connectivity index (χ1n) is 10.8. The van der Waals surface area contributed by atoms with Crippen molar-refractivity contribution in [3.8, 4) is 0 Å². The smallest absolute Gasteiger partial charge is 0.242 e. The lowest BCUT2D eigenvalue weighted by molar-refractivity contribution is -0.142. The van der Waals surface area contributed by atoms with Crippen molar-refractivity contribution in [3.05, 3.63) is 58.0 Å². The molecule has 31 heavy (non-hydrogen) atoms. The number of carbonyl (C=O) groups excluding carboxylic acids is 2. The number of hydrogen-bond acceptors (Lipinski definition) is 4. The van der Waals surface area contributed by atoms with E-state index in [1.807, 2.05) is 31.4 Å². The van der Waals surface area contributed by atoms with Gasteiger partial charge in [0.2, 0.25) is 11.8 Å². The van der Waals surface area contributed by atoms with Crippen LogP contribution in [0.2, 0.25) is 0 Å². The first-order chi connectivity index (χ1) is 14.9. The maximum absolute atomic E-state index is 13.3. The molecule has 0 N–H and O–H groups in total. The molecule has 0 spiro atoms. The van der Waals surface area contributed by atoms with Crippen LogP contribution in [-0.2, 0) is 27.4 Å². The van der Waals surface area contributed by atoms with Crippen molar-refractivity contribution in [2.24, 2.45) is 5.92 Å². The fourth-order valence-electron chi connectivity index (χ4n) is 3.66. The molecule has 2 aromatic rings. The minimum absolute atomic E-state index is 0.00763. The third kappa shape index (κ3) is 7.43. The monoisotopic (exact) mass is 446 g/mol. The Hall–Kier alpha value is -2.25. The average Bonchev–Trinajstić information content (AvgIpc) is 3.42. The second kappa shape index (κ2) is 11.4. The van der Waals surface area contributed by atoms with Gasteiger partial charge < -0.3 is 14.5 Å². The van der Waals surface area contributed by atoms with Gasteiger partial charge in [-0.15, -0.1) is 11.3 Å². The van der Waals surface area contributed by atoms with Gasteiger partial charge in [-0.25, -0.2) is 4.39 Å². The molecule has 3 rings (SSSR count). The van der Waals surface area contributed by atoms with Gasteiger partial charge in [0.25, 0.3) is 0 Å². The van der Waals surface area contributed by atoms with Crippen LogP contribution in [-0.4, -0.2) is 47.4 Å². The minimum Gasteiger partial charge on any atom is -0.376 e. The Bertz CT molecular complexity index is 833. The summed E-state index contributed by atoms with van der Waals surface area (Å²) in [6.45, 7) is 6.00. The summed E-state index contributed by atoms with van der Waals surface area (Å²) in [5.74, 6) is -0.220. The number of ether oxygens (including phenoxy) is 1. The summed E-state index contributed by atoms with van der Waals surface area (Å²) in [6.07, 6.45) is 2.29. The second-order valence-electron chi connectivity index (χ2n) is 8.46. The van der Waals surface area contributed by atoms with Gasteiger partial charge in [0.05, 0.1) is 19.2 Å². The van der Waals surface area contributed by atoms with Crippen LogP contribution in [0.1, 0.15) is 43.6 Å². The highest BCUT2D eigenvalue weighted by Crippen LogP contribution is 2.18. The van der Waals surface area contributed by atoms with Crippen LogP contribution in [0, 0.1) is 11.7 Å². The molecule has 1 aromatic carbocycles. The number of nitrogens with zero attached hydrogens (tertiary/aromatic N) is 2. The number of benzene rings is 1. The third-order valence-electron chi connectivity index (χ3n) is 5.28. The van der Waals surface area contributed by atoms with Gasteiger partial charge in [-0.05, 0) is 47.9 Å². The molecule has 1 atom stereocenters. The molecule has 1 saturated heterocycles. The van der Waals surface area contributed by atoms with E-state index in [1.165, 1.54) is 12.1 Å². The lowest BCUT2D eigenvalue weighted by Crippen LogP contribution is -2.45. The highest BCUT2D eigenvalue weighted by molar-refractivity contribution is 7.09. The minimum atomic E-state index is -0.304. The van der Waals surface area contributed by atoms with Crippen molar-refractivity contribution in [2.45, 2.75) is 52.3 Å². The van der Waals surface area contributed by atoms with Crippen LogP contribution in [0.15, 0.2) is 41.8 Å².